The van der Waals surface area contributed by atoms with Crippen molar-refractivity contribution in [3.63, 3.8) is 0 Å². The van der Waals surface area contributed by atoms with Crippen LogP contribution in [0.15, 0.2) is 85.1 Å². The van der Waals surface area contributed by atoms with Gasteiger partial charge in [-0.15, -0.1) is 0 Å². The number of carbonyl (C=O) groups excluding carboxylic acids is 1. The smallest absolute Gasteiger partial charge is 0.258 e. The van der Waals surface area contributed by atoms with Gasteiger partial charge in [-0.25, -0.2) is 4.98 Å². The summed E-state index contributed by atoms with van der Waals surface area (Å²) in [6.07, 6.45) is 4.42. The average Bonchev–Trinajstić information content (AvgIpc) is 3.67. The van der Waals surface area contributed by atoms with Crippen LogP contribution in [-0.2, 0) is 19.6 Å². The van der Waals surface area contributed by atoms with Crippen molar-refractivity contribution in [3.8, 4) is 22.9 Å². The molecule has 3 heterocycles. The predicted octanol–water partition coefficient (Wildman–Crippen LogP) is 5.36. The molecule has 41 heavy (non-hydrogen) atoms. The Balaban J connectivity index is 1.29. The van der Waals surface area contributed by atoms with Crippen LogP contribution < -0.4 is 9.64 Å². The number of benzene rings is 3. The van der Waals surface area contributed by atoms with Crippen LogP contribution in [0.1, 0.15) is 45.6 Å². The van der Waals surface area contributed by atoms with Gasteiger partial charge in [0.1, 0.15) is 24.1 Å². The molecular weight excluding hydrogens is 512 g/mol. The van der Waals surface area contributed by atoms with Gasteiger partial charge < -0.3 is 14.7 Å². The lowest BCUT2D eigenvalue weighted by atomic mass is 9.98. The van der Waals surface area contributed by atoms with E-state index < -0.39 is 0 Å². The molecule has 2 aliphatic heterocycles. The lowest BCUT2D eigenvalue weighted by Crippen LogP contribution is -2.32. The first kappa shape index (κ1) is 26.7. The van der Waals surface area contributed by atoms with E-state index in [2.05, 4.69) is 34.2 Å². The molecular formula is C34H32N4O3. The van der Waals surface area contributed by atoms with Gasteiger partial charge in [-0.2, -0.15) is 5.26 Å². The number of likely N-dealkylation sites (tertiary alicyclic amines) is 1. The van der Waals surface area contributed by atoms with Gasteiger partial charge in [0.05, 0.1) is 6.61 Å². The molecule has 2 aliphatic rings. The van der Waals surface area contributed by atoms with Crippen LogP contribution in [-0.4, -0.2) is 46.6 Å². The van der Waals surface area contributed by atoms with Gasteiger partial charge in [0.15, 0.2) is 0 Å². The monoisotopic (exact) mass is 544 g/mol. The number of pyridine rings is 1. The molecule has 206 valence electrons. The summed E-state index contributed by atoms with van der Waals surface area (Å²) < 4.78 is 6.30. The molecule has 1 atom stereocenters. The Bertz CT molecular complexity index is 1600. The number of aromatic nitrogens is 1. The molecule has 1 aromatic heterocycles. The molecule has 0 radical (unpaired) electrons. The topological polar surface area (TPSA) is 89.7 Å². The van der Waals surface area contributed by atoms with Crippen molar-refractivity contribution in [3.05, 3.63) is 113 Å². The zero-order valence-electron chi connectivity index (χ0n) is 22.9. The Morgan fingerprint density at radius 2 is 1.93 bits per heavy atom. The summed E-state index contributed by atoms with van der Waals surface area (Å²) in [5, 5.41) is 19.1. The first-order chi connectivity index (χ1) is 20.1. The molecule has 7 nitrogen and oxygen atoms in total. The molecule has 1 amide bonds. The van der Waals surface area contributed by atoms with E-state index in [1.807, 2.05) is 59.5 Å². The molecule has 7 heteroatoms. The quantitative estimate of drug-likeness (QED) is 0.321. The lowest BCUT2D eigenvalue weighted by Gasteiger charge is -2.24. The number of carbonyl (C=O) groups is 1. The molecule has 1 saturated heterocycles. The minimum Gasteiger partial charge on any atom is -0.489 e. The second-order valence-corrected chi connectivity index (χ2v) is 10.6. The van der Waals surface area contributed by atoms with Crippen LogP contribution in [0.4, 0.5) is 5.69 Å². The number of nitriles is 1. The summed E-state index contributed by atoms with van der Waals surface area (Å²) in [4.78, 5) is 22.1. The van der Waals surface area contributed by atoms with Crippen LogP contribution in [0, 0.1) is 11.3 Å². The number of ether oxygens (including phenoxy) is 1. The first-order valence-corrected chi connectivity index (χ1v) is 14.1. The Morgan fingerprint density at radius 1 is 1.05 bits per heavy atom. The van der Waals surface area contributed by atoms with E-state index in [-0.39, 0.29) is 25.2 Å². The van der Waals surface area contributed by atoms with E-state index in [0.717, 1.165) is 53.7 Å². The summed E-state index contributed by atoms with van der Waals surface area (Å²) in [6.45, 7) is 2.53. The van der Waals surface area contributed by atoms with E-state index >= 15 is 0 Å². The lowest BCUT2D eigenvalue weighted by molar-refractivity contribution is 0.0989. The highest BCUT2D eigenvalue weighted by Gasteiger charge is 2.29. The van der Waals surface area contributed by atoms with Gasteiger partial charge in [-0.05, 0) is 78.4 Å². The van der Waals surface area contributed by atoms with Crippen LogP contribution in [0.5, 0.6) is 5.75 Å². The molecule has 1 N–H and O–H groups in total. The maximum absolute atomic E-state index is 13.9. The zero-order valence-corrected chi connectivity index (χ0v) is 22.9. The molecule has 0 spiro atoms. The normalized spacial score (nSPS) is 16.4. The van der Waals surface area contributed by atoms with Crippen molar-refractivity contribution in [2.24, 2.45) is 0 Å². The standard InChI is InChI=1S/C34H32N4O3/c35-20-28-18-24(13-15-36-28)23-41-33-19-26(11-12-27(33)21-37-16-5-8-29(37)22-39)34(40)38-17-14-31-30(9-4-10-32(31)38)25-6-2-1-3-7-25/h1-4,6-7,9-13,15,18-19,29,39H,5,8,14,16-17,21-23H2. The van der Waals surface area contributed by atoms with Gasteiger partial charge in [-0.3, -0.25) is 9.69 Å². The second kappa shape index (κ2) is 11.9. The van der Waals surface area contributed by atoms with Crippen LogP contribution >= 0.6 is 0 Å². The van der Waals surface area contributed by atoms with Crippen LogP contribution in [0.3, 0.4) is 0 Å². The van der Waals surface area contributed by atoms with Crippen molar-refractivity contribution in [1.29, 1.82) is 5.26 Å². The fraction of sp³-hybridized carbons (Fsp3) is 0.265. The Morgan fingerprint density at radius 3 is 2.76 bits per heavy atom. The Kier molecular flexibility index (Phi) is 7.77. The highest BCUT2D eigenvalue weighted by molar-refractivity contribution is 6.08. The van der Waals surface area contributed by atoms with E-state index in [0.29, 0.717) is 30.1 Å². The fourth-order valence-electron chi connectivity index (χ4n) is 5.96. The van der Waals surface area contributed by atoms with Gasteiger partial charge in [0.25, 0.3) is 5.91 Å². The number of amides is 1. The fourth-order valence-corrected chi connectivity index (χ4v) is 5.96. The van der Waals surface area contributed by atoms with Gasteiger partial charge in [0, 0.05) is 42.1 Å². The third kappa shape index (κ3) is 5.58. The summed E-state index contributed by atoms with van der Waals surface area (Å²) in [7, 11) is 0. The SMILES string of the molecule is N#Cc1cc(COc2cc(C(=O)N3CCc4c(-c5ccccc5)cccc43)ccc2CN2CCCC2CO)ccn1. The number of hydrogen-bond acceptors (Lipinski definition) is 6. The molecule has 4 aromatic rings. The van der Waals surface area contributed by atoms with E-state index in [1.165, 1.54) is 5.56 Å². The molecule has 1 fully saturated rings. The van der Waals surface area contributed by atoms with Gasteiger partial charge >= 0.3 is 0 Å². The van der Waals surface area contributed by atoms with E-state index in [9.17, 15) is 15.2 Å². The predicted molar refractivity (Wildman–Crippen MR) is 158 cm³/mol. The Hall–Kier alpha value is -4.51. The minimum absolute atomic E-state index is 0.0598. The van der Waals surface area contributed by atoms with E-state index in [4.69, 9.17) is 4.74 Å². The molecule has 0 bridgehead atoms. The number of nitrogens with zero attached hydrogens (tertiary/aromatic N) is 4. The molecule has 0 saturated carbocycles. The number of aliphatic hydroxyl groups excluding tert-OH is 1. The third-order valence-electron chi connectivity index (χ3n) is 8.09. The summed E-state index contributed by atoms with van der Waals surface area (Å²) >= 11 is 0. The molecule has 0 aliphatic carbocycles. The van der Waals surface area contributed by atoms with Gasteiger partial charge in [0.2, 0.25) is 0 Å². The van der Waals surface area contributed by atoms with Crippen molar-refractivity contribution in [2.75, 3.05) is 24.6 Å². The Labute approximate surface area is 240 Å². The molecule has 3 aromatic carbocycles. The number of anilines is 1. The third-order valence-corrected chi connectivity index (χ3v) is 8.09. The van der Waals surface area contributed by atoms with Crippen LogP contribution in [0.2, 0.25) is 0 Å². The largest absolute Gasteiger partial charge is 0.489 e. The first-order valence-electron chi connectivity index (χ1n) is 14.1. The average molecular weight is 545 g/mol. The van der Waals surface area contributed by atoms with E-state index in [1.54, 1.807) is 12.3 Å². The highest BCUT2D eigenvalue weighted by atomic mass is 16.5. The number of rotatable bonds is 8. The summed E-state index contributed by atoms with van der Waals surface area (Å²) in [5.41, 5.74) is 7.14. The van der Waals surface area contributed by atoms with Gasteiger partial charge in [-0.1, -0.05) is 48.5 Å². The maximum atomic E-state index is 13.9. The second-order valence-electron chi connectivity index (χ2n) is 10.6. The summed E-state index contributed by atoms with van der Waals surface area (Å²) in [6, 6.07) is 27.9. The van der Waals surface area contributed by atoms with Crippen molar-refractivity contribution in [1.82, 2.24) is 9.88 Å². The number of fused-ring (bicyclic) bond motifs is 1. The van der Waals surface area contributed by atoms with Crippen molar-refractivity contribution in [2.45, 2.75) is 38.5 Å². The number of aliphatic hydroxyl groups is 1. The summed E-state index contributed by atoms with van der Waals surface area (Å²) in [5.74, 6) is 0.572. The maximum Gasteiger partial charge on any atom is 0.258 e. The number of hydrogen-bond donors (Lipinski definition) is 1. The molecule has 6 rings (SSSR count). The van der Waals surface area contributed by atoms with Crippen molar-refractivity contribution >= 4 is 11.6 Å². The minimum atomic E-state index is -0.0598. The molecule has 1 unspecified atom stereocenters. The highest BCUT2D eigenvalue weighted by Crippen LogP contribution is 2.37. The van der Waals surface area contributed by atoms with Crippen LogP contribution in [0.25, 0.3) is 11.1 Å². The van der Waals surface area contributed by atoms with Crippen molar-refractivity contribution < 1.29 is 14.6 Å². The zero-order chi connectivity index (χ0) is 28.2.